The summed E-state index contributed by atoms with van der Waals surface area (Å²) in [5.74, 6) is 0. The first-order chi connectivity index (χ1) is 6.38. The fourth-order valence-corrected chi connectivity index (χ4v) is 1.95. The SMILES string of the molecule is C/C=C/CN(CC)C1CCNCC1. The van der Waals surface area contributed by atoms with Crippen molar-refractivity contribution in [3.63, 3.8) is 0 Å². The van der Waals surface area contributed by atoms with Crippen LogP contribution in [0.3, 0.4) is 0 Å². The van der Waals surface area contributed by atoms with Crippen LogP contribution in [0.25, 0.3) is 0 Å². The number of nitrogens with one attached hydrogen (secondary N) is 1. The van der Waals surface area contributed by atoms with Crippen molar-refractivity contribution in [2.24, 2.45) is 0 Å². The highest BCUT2D eigenvalue weighted by Gasteiger charge is 2.17. The van der Waals surface area contributed by atoms with Crippen molar-refractivity contribution in [3.8, 4) is 0 Å². The van der Waals surface area contributed by atoms with Gasteiger partial charge in [-0.3, -0.25) is 4.90 Å². The van der Waals surface area contributed by atoms with Crippen molar-refractivity contribution in [2.75, 3.05) is 26.2 Å². The lowest BCUT2D eigenvalue weighted by Crippen LogP contribution is -2.43. The highest BCUT2D eigenvalue weighted by molar-refractivity contribution is 4.85. The molecule has 0 atom stereocenters. The van der Waals surface area contributed by atoms with Crippen LogP contribution in [0.2, 0.25) is 0 Å². The van der Waals surface area contributed by atoms with E-state index < -0.39 is 0 Å². The lowest BCUT2D eigenvalue weighted by Gasteiger charge is -2.33. The zero-order valence-electron chi connectivity index (χ0n) is 8.92. The van der Waals surface area contributed by atoms with E-state index in [0.717, 1.165) is 12.6 Å². The zero-order valence-corrected chi connectivity index (χ0v) is 8.92. The second-order valence-corrected chi connectivity index (χ2v) is 3.64. The molecule has 0 aromatic heterocycles. The summed E-state index contributed by atoms with van der Waals surface area (Å²) in [6.45, 7) is 9.03. The minimum atomic E-state index is 0.808. The summed E-state index contributed by atoms with van der Waals surface area (Å²) >= 11 is 0. The first-order valence-electron chi connectivity index (χ1n) is 5.44. The highest BCUT2D eigenvalue weighted by atomic mass is 15.2. The summed E-state index contributed by atoms with van der Waals surface area (Å²) in [7, 11) is 0. The molecule has 76 valence electrons. The lowest BCUT2D eigenvalue weighted by molar-refractivity contribution is 0.187. The largest absolute Gasteiger partial charge is 0.317 e. The molecule has 0 bridgehead atoms. The lowest BCUT2D eigenvalue weighted by atomic mass is 10.0. The molecule has 1 heterocycles. The fourth-order valence-electron chi connectivity index (χ4n) is 1.95. The fraction of sp³-hybridized carbons (Fsp3) is 0.818. The Balaban J connectivity index is 2.34. The molecule has 0 amide bonds. The minimum Gasteiger partial charge on any atom is -0.317 e. The zero-order chi connectivity index (χ0) is 9.52. The van der Waals surface area contributed by atoms with E-state index in [1.165, 1.54) is 32.5 Å². The number of rotatable bonds is 4. The third kappa shape index (κ3) is 3.49. The molecule has 2 heteroatoms. The van der Waals surface area contributed by atoms with Crippen LogP contribution in [0.5, 0.6) is 0 Å². The Morgan fingerprint density at radius 2 is 2.08 bits per heavy atom. The second-order valence-electron chi connectivity index (χ2n) is 3.64. The van der Waals surface area contributed by atoms with Crippen molar-refractivity contribution in [1.82, 2.24) is 10.2 Å². The Hall–Kier alpha value is -0.340. The molecule has 1 N–H and O–H groups in total. The van der Waals surface area contributed by atoms with E-state index in [9.17, 15) is 0 Å². The molecule has 1 aliphatic heterocycles. The predicted molar refractivity (Wildman–Crippen MR) is 58.0 cm³/mol. The molecule has 1 rings (SSSR count). The van der Waals surface area contributed by atoms with Crippen molar-refractivity contribution in [2.45, 2.75) is 32.7 Å². The maximum Gasteiger partial charge on any atom is 0.0165 e. The number of nitrogens with zero attached hydrogens (tertiary/aromatic N) is 1. The Bertz CT molecular complexity index is 148. The number of hydrogen-bond donors (Lipinski definition) is 1. The van der Waals surface area contributed by atoms with Crippen LogP contribution < -0.4 is 5.32 Å². The van der Waals surface area contributed by atoms with Crippen LogP contribution in [0.1, 0.15) is 26.7 Å². The standard InChI is InChI=1S/C11H22N2/c1-3-5-10-13(4-2)11-6-8-12-9-7-11/h3,5,11-12H,4,6-10H2,1-2H3/b5-3+. The number of allylic oxidation sites excluding steroid dienone is 1. The molecule has 0 aliphatic carbocycles. The summed E-state index contributed by atoms with van der Waals surface area (Å²) in [6, 6.07) is 0.808. The Labute approximate surface area is 82.0 Å². The molecule has 0 aromatic rings. The molecule has 1 saturated heterocycles. The van der Waals surface area contributed by atoms with Crippen LogP contribution in [-0.2, 0) is 0 Å². The number of likely N-dealkylation sites (N-methyl/N-ethyl adjacent to an activating group) is 1. The summed E-state index contributed by atoms with van der Waals surface area (Å²) in [4.78, 5) is 2.57. The van der Waals surface area contributed by atoms with Gasteiger partial charge in [0.15, 0.2) is 0 Å². The van der Waals surface area contributed by atoms with Gasteiger partial charge in [-0.2, -0.15) is 0 Å². The van der Waals surface area contributed by atoms with Gasteiger partial charge >= 0.3 is 0 Å². The van der Waals surface area contributed by atoms with E-state index >= 15 is 0 Å². The molecule has 0 unspecified atom stereocenters. The van der Waals surface area contributed by atoms with Gasteiger partial charge in [0.25, 0.3) is 0 Å². The molecule has 0 saturated carbocycles. The van der Waals surface area contributed by atoms with Crippen molar-refractivity contribution < 1.29 is 0 Å². The maximum atomic E-state index is 3.41. The Morgan fingerprint density at radius 3 is 2.62 bits per heavy atom. The molecule has 0 spiro atoms. The van der Waals surface area contributed by atoms with Gasteiger partial charge < -0.3 is 5.32 Å². The second kappa shape index (κ2) is 6.17. The van der Waals surface area contributed by atoms with Crippen LogP contribution in [0.15, 0.2) is 12.2 Å². The van der Waals surface area contributed by atoms with Crippen LogP contribution in [0, 0.1) is 0 Å². The number of piperidine rings is 1. The van der Waals surface area contributed by atoms with Crippen molar-refractivity contribution in [1.29, 1.82) is 0 Å². The molecule has 2 nitrogen and oxygen atoms in total. The van der Waals surface area contributed by atoms with E-state index in [1.807, 2.05) is 0 Å². The molecular formula is C11H22N2. The average molecular weight is 182 g/mol. The summed E-state index contributed by atoms with van der Waals surface area (Å²) in [5, 5.41) is 3.41. The van der Waals surface area contributed by atoms with Crippen molar-refractivity contribution >= 4 is 0 Å². The quantitative estimate of drug-likeness (QED) is 0.665. The van der Waals surface area contributed by atoms with Gasteiger partial charge in [-0.25, -0.2) is 0 Å². The Kier molecular flexibility index (Phi) is 5.09. The van der Waals surface area contributed by atoms with Crippen LogP contribution in [-0.4, -0.2) is 37.1 Å². The van der Waals surface area contributed by atoms with Crippen molar-refractivity contribution in [3.05, 3.63) is 12.2 Å². The van der Waals surface area contributed by atoms with E-state index in [0.29, 0.717) is 0 Å². The predicted octanol–water partition coefficient (Wildman–Crippen LogP) is 1.64. The van der Waals surface area contributed by atoms with Gasteiger partial charge in [0, 0.05) is 12.6 Å². The summed E-state index contributed by atoms with van der Waals surface area (Å²) in [6.07, 6.45) is 7.02. The normalized spacial score (nSPS) is 20.2. The van der Waals surface area contributed by atoms with Gasteiger partial charge in [0.1, 0.15) is 0 Å². The van der Waals surface area contributed by atoms with Gasteiger partial charge in [-0.15, -0.1) is 0 Å². The molecule has 0 aromatic carbocycles. The van der Waals surface area contributed by atoms with E-state index in [2.05, 4.69) is 36.2 Å². The topological polar surface area (TPSA) is 15.3 Å². The summed E-state index contributed by atoms with van der Waals surface area (Å²) in [5.41, 5.74) is 0. The van der Waals surface area contributed by atoms with E-state index in [1.54, 1.807) is 0 Å². The van der Waals surface area contributed by atoms with Crippen LogP contribution in [0.4, 0.5) is 0 Å². The first kappa shape index (κ1) is 10.7. The average Bonchev–Trinajstić information content (AvgIpc) is 2.21. The maximum absolute atomic E-state index is 3.41. The molecule has 13 heavy (non-hydrogen) atoms. The monoisotopic (exact) mass is 182 g/mol. The van der Waals surface area contributed by atoms with E-state index in [4.69, 9.17) is 0 Å². The number of hydrogen-bond acceptors (Lipinski definition) is 2. The third-order valence-corrected chi connectivity index (χ3v) is 2.81. The first-order valence-corrected chi connectivity index (χ1v) is 5.44. The minimum absolute atomic E-state index is 0.808. The molecule has 0 radical (unpaired) electrons. The highest BCUT2D eigenvalue weighted by Crippen LogP contribution is 2.10. The molecular weight excluding hydrogens is 160 g/mol. The van der Waals surface area contributed by atoms with Gasteiger partial charge in [0.2, 0.25) is 0 Å². The molecule has 1 fully saturated rings. The smallest absolute Gasteiger partial charge is 0.0165 e. The summed E-state index contributed by atoms with van der Waals surface area (Å²) < 4.78 is 0. The van der Waals surface area contributed by atoms with Crippen LogP contribution >= 0.6 is 0 Å². The molecule has 1 aliphatic rings. The van der Waals surface area contributed by atoms with Gasteiger partial charge in [-0.1, -0.05) is 19.1 Å². The van der Waals surface area contributed by atoms with E-state index in [-0.39, 0.29) is 0 Å². The Morgan fingerprint density at radius 1 is 1.38 bits per heavy atom. The van der Waals surface area contributed by atoms with Gasteiger partial charge in [0.05, 0.1) is 0 Å². The van der Waals surface area contributed by atoms with Gasteiger partial charge in [-0.05, 0) is 39.4 Å². The third-order valence-electron chi connectivity index (χ3n) is 2.81.